The quantitative estimate of drug-likeness (QED) is 0.454. The zero-order valence-electron chi connectivity index (χ0n) is 7.07. The van der Waals surface area contributed by atoms with Crippen molar-refractivity contribution in [3.8, 4) is 0 Å². The first-order valence-electron chi connectivity index (χ1n) is 3.45. The van der Waals surface area contributed by atoms with Gasteiger partial charge in [-0.2, -0.15) is 8.42 Å². The lowest BCUT2D eigenvalue weighted by Gasteiger charge is -2.02. The second kappa shape index (κ2) is 5.10. The molecule has 0 rings (SSSR count). The Bertz CT molecular complexity index is 230. The van der Waals surface area contributed by atoms with Crippen LogP contribution in [0.2, 0.25) is 0 Å². The molecule has 0 atom stereocenters. The highest BCUT2D eigenvalue weighted by Gasteiger charge is 2.09. The summed E-state index contributed by atoms with van der Waals surface area (Å²) in [6, 6.07) is 0. The van der Waals surface area contributed by atoms with Crippen LogP contribution in [0.25, 0.3) is 0 Å². The standard InChI is InChI=1S/C6H12O5S/c1-3-6(7)11-4-5-12(8,9)10-2/h3-5H2,1-2H3. The Morgan fingerprint density at radius 1 is 1.42 bits per heavy atom. The molecule has 0 fully saturated rings. The molecular weight excluding hydrogens is 184 g/mol. The molecule has 0 saturated heterocycles. The van der Waals surface area contributed by atoms with Gasteiger partial charge in [-0.05, 0) is 0 Å². The summed E-state index contributed by atoms with van der Waals surface area (Å²) in [6.07, 6.45) is 0.243. The summed E-state index contributed by atoms with van der Waals surface area (Å²) in [6.45, 7) is 1.48. The molecule has 0 unspecified atom stereocenters. The number of carbonyl (C=O) groups is 1. The van der Waals surface area contributed by atoms with Gasteiger partial charge in [0.25, 0.3) is 10.1 Å². The summed E-state index contributed by atoms with van der Waals surface area (Å²) in [5.74, 6) is -0.712. The van der Waals surface area contributed by atoms with Gasteiger partial charge in [0.05, 0.1) is 7.11 Å². The van der Waals surface area contributed by atoms with Crippen molar-refractivity contribution in [2.24, 2.45) is 0 Å². The predicted molar refractivity (Wildman–Crippen MR) is 42.0 cm³/mol. The van der Waals surface area contributed by atoms with E-state index in [2.05, 4.69) is 8.92 Å². The van der Waals surface area contributed by atoms with Gasteiger partial charge in [0, 0.05) is 6.42 Å². The number of esters is 1. The van der Waals surface area contributed by atoms with Crippen molar-refractivity contribution in [3.63, 3.8) is 0 Å². The van der Waals surface area contributed by atoms with Crippen LogP contribution in [0.3, 0.4) is 0 Å². The highest BCUT2D eigenvalue weighted by Crippen LogP contribution is 1.91. The number of carbonyl (C=O) groups excluding carboxylic acids is 1. The normalized spacial score (nSPS) is 11.2. The summed E-state index contributed by atoms with van der Waals surface area (Å²) in [7, 11) is -2.43. The Hall–Kier alpha value is -0.620. The van der Waals surface area contributed by atoms with Crippen molar-refractivity contribution in [3.05, 3.63) is 0 Å². The van der Waals surface area contributed by atoms with E-state index in [0.717, 1.165) is 7.11 Å². The zero-order valence-corrected chi connectivity index (χ0v) is 7.89. The molecule has 0 bridgehead atoms. The van der Waals surface area contributed by atoms with E-state index >= 15 is 0 Å². The van der Waals surface area contributed by atoms with E-state index in [1.165, 1.54) is 0 Å². The molecule has 0 aromatic heterocycles. The molecule has 72 valence electrons. The Balaban J connectivity index is 3.64. The SMILES string of the molecule is CCC(=O)OCCS(=O)(=O)OC. The van der Waals surface area contributed by atoms with Crippen molar-refractivity contribution in [1.29, 1.82) is 0 Å². The van der Waals surface area contributed by atoms with Crippen LogP contribution in [0, 0.1) is 0 Å². The maximum Gasteiger partial charge on any atom is 0.305 e. The van der Waals surface area contributed by atoms with E-state index in [9.17, 15) is 13.2 Å². The lowest BCUT2D eigenvalue weighted by molar-refractivity contribution is -0.142. The molecular formula is C6H12O5S. The minimum absolute atomic E-state index is 0.150. The Labute approximate surface area is 71.8 Å². The molecule has 0 aliphatic rings. The minimum atomic E-state index is -3.50. The molecule has 0 amide bonds. The third-order valence-corrected chi connectivity index (χ3v) is 2.31. The fourth-order valence-corrected chi connectivity index (χ4v) is 0.897. The van der Waals surface area contributed by atoms with Crippen molar-refractivity contribution < 1.29 is 22.1 Å². The van der Waals surface area contributed by atoms with Gasteiger partial charge in [0.2, 0.25) is 0 Å². The van der Waals surface area contributed by atoms with Gasteiger partial charge >= 0.3 is 5.97 Å². The third-order valence-electron chi connectivity index (χ3n) is 1.14. The van der Waals surface area contributed by atoms with Crippen LogP contribution >= 0.6 is 0 Å². The Kier molecular flexibility index (Phi) is 4.84. The summed E-state index contributed by atoms with van der Waals surface area (Å²) in [5, 5.41) is 0. The fourth-order valence-electron chi connectivity index (χ4n) is 0.443. The van der Waals surface area contributed by atoms with Crippen LogP contribution in [0.5, 0.6) is 0 Å². The molecule has 0 aliphatic carbocycles. The average molecular weight is 196 g/mol. The lowest BCUT2D eigenvalue weighted by atomic mass is 10.5. The first kappa shape index (κ1) is 11.4. The largest absolute Gasteiger partial charge is 0.465 e. The number of hydrogen-bond acceptors (Lipinski definition) is 5. The molecule has 12 heavy (non-hydrogen) atoms. The maximum atomic E-state index is 10.7. The van der Waals surface area contributed by atoms with Gasteiger partial charge in [0.15, 0.2) is 0 Å². The van der Waals surface area contributed by atoms with Gasteiger partial charge in [-0.25, -0.2) is 0 Å². The van der Waals surface area contributed by atoms with E-state index in [-0.39, 0.29) is 18.8 Å². The summed E-state index contributed by atoms with van der Waals surface area (Å²) in [5.41, 5.74) is 0. The van der Waals surface area contributed by atoms with Gasteiger partial charge in [-0.1, -0.05) is 6.92 Å². The highest BCUT2D eigenvalue weighted by atomic mass is 32.2. The predicted octanol–water partition coefficient (Wildman–Crippen LogP) is -0.0842. The fraction of sp³-hybridized carbons (Fsp3) is 0.833. The zero-order chi connectivity index (χ0) is 9.61. The molecule has 6 heteroatoms. The van der Waals surface area contributed by atoms with E-state index in [1.807, 2.05) is 0 Å². The van der Waals surface area contributed by atoms with Crippen LogP contribution in [0.1, 0.15) is 13.3 Å². The number of rotatable bonds is 5. The van der Waals surface area contributed by atoms with E-state index in [4.69, 9.17) is 0 Å². The first-order chi connectivity index (χ1) is 5.52. The summed E-state index contributed by atoms with van der Waals surface area (Å²) < 4.78 is 30.0. The molecule has 0 radical (unpaired) electrons. The third kappa shape index (κ3) is 5.09. The van der Waals surface area contributed by atoms with E-state index in [0.29, 0.717) is 0 Å². The minimum Gasteiger partial charge on any atom is -0.465 e. The van der Waals surface area contributed by atoms with Crippen molar-refractivity contribution in [2.75, 3.05) is 19.5 Å². The van der Waals surface area contributed by atoms with Crippen LogP contribution in [-0.2, 0) is 23.8 Å². The number of ether oxygens (including phenoxy) is 1. The van der Waals surface area contributed by atoms with E-state index in [1.54, 1.807) is 6.92 Å². The Morgan fingerprint density at radius 2 is 2.00 bits per heavy atom. The maximum absolute atomic E-state index is 10.7. The van der Waals surface area contributed by atoms with Gasteiger partial charge in [-0.15, -0.1) is 0 Å². The highest BCUT2D eigenvalue weighted by molar-refractivity contribution is 7.86. The smallest absolute Gasteiger partial charge is 0.305 e. The van der Waals surface area contributed by atoms with E-state index < -0.39 is 16.1 Å². The second-order valence-electron chi connectivity index (χ2n) is 2.00. The summed E-state index contributed by atoms with van der Waals surface area (Å²) in [4.78, 5) is 10.5. The first-order valence-corrected chi connectivity index (χ1v) is 5.03. The van der Waals surface area contributed by atoms with Crippen LogP contribution in [-0.4, -0.2) is 33.9 Å². The summed E-state index contributed by atoms with van der Waals surface area (Å²) >= 11 is 0. The molecule has 0 spiro atoms. The van der Waals surface area contributed by atoms with Gasteiger partial charge in [0.1, 0.15) is 12.4 Å². The molecule has 0 aromatic rings. The number of hydrogen-bond donors (Lipinski definition) is 0. The van der Waals surface area contributed by atoms with Crippen molar-refractivity contribution >= 4 is 16.1 Å². The molecule has 0 N–H and O–H groups in total. The van der Waals surface area contributed by atoms with Crippen LogP contribution in [0.4, 0.5) is 0 Å². The second-order valence-corrected chi connectivity index (χ2v) is 3.86. The Morgan fingerprint density at radius 3 is 2.42 bits per heavy atom. The topological polar surface area (TPSA) is 69.7 Å². The average Bonchev–Trinajstić information content (AvgIpc) is 2.04. The molecule has 0 saturated carbocycles. The van der Waals surface area contributed by atoms with Crippen molar-refractivity contribution in [1.82, 2.24) is 0 Å². The lowest BCUT2D eigenvalue weighted by Crippen LogP contribution is -2.15. The monoisotopic (exact) mass is 196 g/mol. The van der Waals surface area contributed by atoms with Crippen LogP contribution in [0.15, 0.2) is 0 Å². The molecule has 0 heterocycles. The van der Waals surface area contributed by atoms with Crippen molar-refractivity contribution in [2.45, 2.75) is 13.3 Å². The molecule has 5 nitrogen and oxygen atoms in total. The van der Waals surface area contributed by atoms with Gasteiger partial charge < -0.3 is 4.74 Å². The molecule has 0 aliphatic heterocycles. The van der Waals surface area contributed by atoms with Crippen LogP contribution < -0.4 is 0 Å². The molecule has 0 aromatic carbocycles. The van der Waals surface area contributed by atoms with Gasteiger partial charge in [-0.3, -0.25) is 8.98 Å².